The third-order valence-electron chi connectivity index (χ3n) is 2.79. The van der Waals surface area contributed by atoms with E-state index in [2.05, 4.69) is 9.82 Å². The predicted octanol–water partition coefficient (Wildman–Crippen LogP) is 1.47. The van der Waals surface area contributed by atoms with Gasteiger partial charge in [-0.1, -0.05) is 11.6 Å². The van der Waals surface area contributed by atoms with Crippen LogP contribution in [0.15, 0.2) is 35.4 Å². The molecule has 0 radical (unpaired) electrons. The molecule has 0 aliphatic heterocycles. The number of aryl methyl sites for hydroxylation is 1. The minimum atomic E-state index is -3.71. The molecular formula is C13H13ClN4O2S. The van der Waals surface area contributed by atoms with Crippen LogP contribution in [-0.4, -0.2) is 24.7 Å². The average molecular weight is 325 g/mol. The van der Waals surface area contributed by atoms with Crippen molar-refractivity contribution in [1.82, 2.24) is 14.5 Å². The van der Waals surface area contributed by atoms with Crippen LogP contribution in [0.3, 0.4) is 0 Å². The van der Waals surface area contributed by atoms with E-state index in [1.165, 1.54) is 18.2 Å². The Balaban J connectivity index is 2.06. The van der Waals surface area contributed by atoms with Gasteiger partial charge in [-0.25, -0.2) is 13.1 Å². The number of hydrogen-bond donors (Lipinski definition) is 1. The summed E-state index contributed by atoms with van der Waals surface area (Å²) >= 11 is 5.91. The molecule has 110 valence electrons. The lowest BCUT2D eigenvalue weighted by atomic mass is 10.2. The van der Waals surface area contributed by atoms with Crippen LogP contribution in [0.1, 0.15) is 11.3 Å². The number of nitrogens with one attached hydrogen (secondary N) is 1. The molecule has 1 aromatic heterocycles. The van der Waals surface area contributed by atoms with Gasteiger partial charge < -0.3 is 0 Å². The van der Waals surface area contributed by atoms with Gasteiger partial charge in [-0.15, -0.1) is 0 Å². The maximum Gasteiger partial charge on any atom is 0.242 e. The normalized spacial score (nSPS) is 11.3. The zero-order valence-electron chi connectivity index (χ0n) is 11.2. The fourth-order valence-corrected chi connectivity index (χ4v) is 3.35. The third kappa shape index (κ3) is 3.82. The van der Waals surface area contributed by atoms with Gasteiger partial charge in [-0.3, -0.25) is 4.68 Å². The number of hydrogen-bond acceptors (Lipinski definition) is 4. The predicted molar refractivity (Wildman–Crippen MR) is 78.3 cm³/mol. The zero-order chi connectivity index (χ0) is 15.5. The summed E-state index contributed by atoms with van der Waals surface area (Å²) in [7, 11) is -1.91. The van der Waals surface area contributed by atoms with E-state index in [0.717, 1.165) is 5.69 Å². The first-order valence-corrected chi connectivity index (χ1v) is 7.96. The molecule has 2 aromatic rings. The topological polar surface area (TPSA) is 87.8 Å². The van der Waals surface area contributed by atoms with Gasteiger partial charge in [-0.2, -0.15) is 10.4 Å². The van der Waals surface area contributed by atoms with Crippen molar-refractivity contribution in [3.05, 3.63) is 46.7 Å². The summed E-state index contributed by atoms with van der Waals surface area (Å²) in [6, 6.07) is 7.79. The van der Waals surface area contributed by atoms with Crippen LogP contribution >= 0.6 is 11.6 Å². The number of halogens is 1. The van der Waals surface area contributed by atoms with Crippen molar-refractivity contribution >= 4 is 21.6 Å². The highest BCUT2D eigenvalue weighted by Crippen LogP contribution is 2.22. The molecule has 0 fully saturated rings. The molecule has 0 bridgehead atoms. The smallest absolute Gasteiger partial charge is 0.242 e. The minimum Gasteiger partial charge on any atom is -0.276 e. The van der Waals surface area contributed by atoms with E-state index in [0.29, 0.717) is 12.0 Å². The van der Waals surface area contributed by atoms with Crippen molar-refractivity contribution < 1.29 is 8.42 Å². The van der Waals surface area contributed by atoms with Crippen molar-refractivity contribution in [2.75, 3.05) is 6.54 Å². The molecule has 0 unspecified atom stereocenters. The van der Waals surface area contributed by atoms with Gasteiger partial charge in [0.2, 0.25) is 10.0 Å². The summed E-state index contributed by atoms with van der Waals surface area (Å²) in [6.07, 6.45) is 2.27. The fraction of sp³-hybridized carbons (Fsp3) is 0.231. The molecular weight excluding hydrogens is 312 g/mol. The summed E-state index contributed by atoms with van der Waals surface area (Å²) in [5.41, 5.74) is 1.11. The largest absolute Gasteiger partial charge is 0.276 e. The van der Waals surface area contributed by atoms with Crippen LogP contribution < -0.4 is 4.72 Å². The lowest BCUT2D eigenvalue weighted by molar-refractivity contribution is 0.581. The van der Waals surface area contributed by atoms with Crippen LogP contribution in [0.5, 0.6) is 0 Å². The van der Waals surface area contributed by atoms with Crippen LogP contribution in [0, 0.1) is 11.3 Å². The maximum absolute atomic E-state index is 12.1. The van der Waals surface area contributed by atoms with Crippen molar-refractivity contribution in [1.29, 1.82) is 5.26 Å². The molecule has 0 saturated carbocycles. The van der Waals surface area contributed by atoms with E-state index in [1.807, 2.05) is 12.1 Å². The highest BCUT2D eigenvalue weighted by Gasteiger charge is 2.17. The Morgan fingerprint density at radius 3 is 2.76 bits per heavy atom. The standard InChI is InChI=1S/C13H13ClN4O2S/c1-18-7-5-11(17-18)4-6-16-21(19,20)13-3-2-10(9-15)8-12(13)14/h2-3,5,7-8,16H,4,6H2,1H3. The lowest BCUT2D eigenvalue weighted by Crippen LogP contribution is -2.26. The molecule has 0 amide bonds. The fourth-order valence-electron chi connectivity index (χ4n) is 1.78. The Morgan fingerprint density at radius 2 is 2.19 bits per heavy atom. The van der Waals surface area contributed by atoms with Crippen molar-refractivity contribution in [3.63, 3.8) is 0 Å². The van der Waals surface area contributed by atoms with Crippen molar-refractivity contribution in [3.8, 4) is 6.07 Å². The van der Waals surface area contributed by atoms with Gasteiger partial charge >= 0.3 is 0 Å². The van der Waals surface area contributed by atoms with E-state index in [9.17, 15) is 8.42 Å². The molecule has 8 heteroatoms. The monoisotopic (exact) mass is 324 g/mol. The molecule has 1 N–H and O–H groups in total. The van der Waals surface area contributed by atoms with E-state index in [-0.39, 0.29) is 16.5 Å². The SMILES string of the molecule is Cn1ccc(CCNS(=O)(=O)c2ccc(C#N)cc2Cl)n1. The molecule has 1 heterocycles. The van der Waals surface area contributed by atoms with Gasteiger partial charge in [0, 0.05) is 26.2 Å². The highest BCUT2D eigenvalue weighted by atomic mass is 35.5. The van der Waals surface area contributed by atoms with Gasteiger partial charge in [0.1, 0.15) is 4.90 Å². The quantitative estimate of drug-likeness (QED) is 0.902. The van der Waals surface area contributed by atoms with Crippen LogP contribution in [0.4, 0.5) is 0 Å². The number of rotatable bonds is 5. The third-order valence-corrected chi connectivity index (χ3v) is 4.74. The number of nitriles is 1. The second-order valence-corrected chi connectivity index (χ2v) is 6.53. The molecule has 0 aliphatic carbocycles. The molecule has 6 nitrogen and oxygen atoms in total. The Hall–Kier alpha value is -1.88. The Labute approximate surface area is 128 Å². The van der Waals surface area contributed by atoms with Gasteiger partial charge in [0.25, 0.3) is 0 Å². The van der Waals surface area contributed by atoms with E-state index >= 15 is 0 Å². The molecule has 0 saturated heterocycles. The van der Waals surface area contributed by atoms with Gasteiger partial charge in [-0.05, 0) is 24.3 Å². The second-order valence-electron chi connectivity index (χ2n) is 4.39. The molecule has 21 heavy (non-hydrogen) atoms. The van der Waals surface area contributed by atoms with Gasteiger partial charge in [0.15, 0.2) is 0 Å². The van der Waals surface area contributed by atoms with Crippen LogP contribution in [-0.2, 0) is 23.5 Å². The van der Waals surface area contributed by atoms with Crippen molar-refractivity contribution in [2.45, 2.75) is 11.3 Å². The number of aromatic nitrogens is 2. The van der Waals surface area contributed by atoms with Crippen molar-refractivity contribution in [2.24, 2.45) is 7.05 Å². The second kappa shape index (κ2) is 6.26. The molecule has 0 aliphatic rings. The number of nitrogens with zero attached hydrogens (tertiary/aromatic N) is 3. The lowest BCUT2D eigenvalue weighted by Gasteiger charge is -2.07. The summed E-state index contributed by atoms with van der Waals surface area (Å²) in [5.74, 6) is 0. The highest BCUT2D eigenvalue weighted by molar-refractivity contribution is 7.89. The van der Waals surface area contributed by atoms with Crippen LogP contribution in [0.2, 0.25) is 5.02 Å². The Kier molecular flexibility index (Phi) is 4.63. The van der Waals surface area contributed by atoms with E-state index < -0.39 is 10.0 Å². The summed E-state index contributed by atoms with van der Waals surface area (Å²) in [6.45, 7) is 0.218. The van der Waals surface area contributed by atoms with E-state index in [4.69, 9.17) is 16.9 Å². The number of sulfonamides is 1. The first-order chi connectivity index (χ1) is 9.92. The zero-order valence-corrected chi connectivity index (χ0v) is 12.8. The first kappa shape index (κ1) is 15.5. The molecule has 0 spiro atoms. The number of benzene rings is 1. The maximum atomic E-state index is 12.1. The first-order valence-electron chi connectivity index (χ1n) is 6.10. The Morgan fingerprint density at radius 1 is 1.43 bits per heavy atom. The minimum absolute atomic E-state index is 0.0272. The van der Waals surface area contributed by atoms with Gasteiger partial charge in [0.05, 0.1) is 22.3 Å². The van der Waals surface area contributed by atoms with E-state index in [1.54, 1.807) is 17.9 Å². The summed E-state index contributed by atoms with van der Waals surface area (Å²) in [5, 5.41) is 12.9. The molecule has 2 rings (SSSR count). The summed E-state index contributed by atoms with van der Waals surface area (Å²) < 4.78 is 28.4. The molecule has 0 atom stereocenters. The Bertz CT molecular complexity index is 793. The van der Waals surface area contributed by atoms with Crippen LogP contribution in [0.25, 0.3) is 0 Å². The average Bonchev–Trinajstić information content (AvgIpc) is 2.83. The molecule has 1 aromatic carbocycles. The summed E-state index contributed by atoms with van der Waals surface area (Å²) in [4.78, 5) is -0.0378.